The number of rotatable bonds is 3. The van der Waals surface area contributed by atoms with E-state index in [2.05, 4.69) is 37.1 Å². The molecule has 0 spiro atoms. The summed E-state index contributed by atoms with van der Waals surface area (Å²) in [6.45, 7) is 3.88. The molecule has 0 atom stereocenters. The molecular weight excluding hydrogens is 274 g/mol. The second kappa shape index (κ2) is 5.59. The maximum atomic E-state index is 6.20. The molecule has 2 aromatic heterocycles. The van der Waals surface area contributed by atoms with Crippen LogP contribution in [0.25, 0.3) is 0 Å². The maximum absolute atomic E-state index is 6.20. The fraction of sp³-hybridized carbons (Fsp3) is 0.417. The quantitative estimate of drug-likeness (QED) is 0.873. The van der Waals surface area contributed by atoms with E-state index in [4.69, 9.17) is 5.73 Å². The highest BCUT2D eigenvalue weighted by Crippen LogP contribution is 2.29. The molecule has 1 aliphatic rings. The minimum atomic E-state index is 0.576. The van der Waals surface area contributed by atoms with Crippen LogP contribution in [0, 0.1) is 0 Å². The fourth-order valence-electron chi connectivity index (χ4n) is 2.14. The van der Waals surface area contributed by atoms with Crippen molar-refractivity contribution in [2.75, 3.05) is 49.2 Å². The van der Waals surface area contributed by atoms with Gasteiger partial charge in [0.05, 0.1) is 0 Å². The third-order valence-electron chi connectivity index (χ3n) is 3.32. The van der Waals surface area contributed by atoms with E-state index >= 15 is 0 Å². The molecule has 3 heterocycles. The van der Waals surface area contributed by atoms with Crippen molar-refractivity contribution in [3.05, 3.63) is 17.9 Å². The highest BCUT2D eigenvalue weighted by molar-refractivity contribution is 7.13. The summed E-state index contributed by atoms with van der Waals surface area (Å²) in [5.41, 5.74) is 6.78. The summed E-state index contributed by atoms with van der Waals surface area (Å²) >= 11 is 1.51. The van der Waals surface area contributed by atoms with Crippen LogP contribution in [0.3, 0.4) is 0 Å². The van der Waals surface area contributed by atoms with Gasteiger partial charge in [0.2, 0.25) is 0 Å². The molecule has 0 aliphatic carbocycles. The van der Waals surface area contributed by atoms with Crippen LogP contribution in [0.4, 0.5) is 22.5 Å². The number of likely N-dealkylation sites (N-methyl/N-ethyl adjacent to an activating group) is 1. The topological polar surface area (TPSA) is 83.2 Å². The monoisotopic (exact) mass is 291 g/mol. The number of nitrogens with zero attached hydrogens (tertiary/aromatic N) is 5. The maximum Gasteiger partial charge on any atom is 0.188 e. The average molecular weight is 291 g/mol. The lowest BCUT2D eigenvalue weighted by molar-refractivity contribution is 0.312. The number of piperazine rings is 1. The first-order valence-corrected chi connectivity index (χ1v) is 7.32. The molecule has 2 aromatic rings. The summed E-state index contributed by atoms with van der Waals surface area (Å²) < 4.78 is 0. The van der Waals surface area contributed by atoms with Crippen LogP contribution >= 0.6 is 11.3 Å². The Labute approximate surface area is 121 Å². The van der Waals surface area contributed by atoms with Crippen LogP contribution in [-0.4, -0.2) is 53.1 Å². The van der Waals surface area contributed by atoms with Gasteiger partial charge in [-0.25, -0.2) is 15.0 Å². The Bertz CT molecular complexity index is 563. The largest absolute Gasteiger partial charge is 0.393 e. The average Bonchev–Trinajstić information content (AvgIpc) is 2.95. The van der Waals surface area contributed by atoms with Crippen LogP contribution in [0.5, 0.6) is 0 Å². The molecule has 0 unspecified atom stereocenters. The Morgan fingerprint density at radius 2 is 2.00 bits per heavy atom. The van der Waals surface area contributed by atoms with Crippen molar-refractivity contribution in [2.24, 2.45) is 0 Å². The van der Waals surface area contributed by atoms with Crippen molar-refractivity contribution in [3.63, 3.8) is 0 Å². The van der Waals surface area contributed by atoms with Crippen molar-refractivity contribution in [1.82, 2.24) is 19.9 Å². The lowest BCUT2D eigenvalue weighted by atomic mass is 10.3. The Kier molecular flexibility index (Phi) is 3.66. The number of nitrogens with two attached hydrogens (primary N) is 1. The first-order chi connectivity index (χ1) is 9.74. The van der Waals surface area contributed by atoms with Gasteiger partial charge in [0, 0.05) is 37.8 Å². The SMILES string of the molecule is CN1CCN(c2ncnc(Nc3nccs3)c2N)CC1. The summed E-state index contributed by atoms with van der Waals surface area (Å²) in [5.74, 6) is 1.41. The lowest BCUT2D eigenvalue weighted by Gasteiger charge is -2.33. The number of hydrogen-bond donors (Lipinski definition) is 2. The minimum Gasteiger partial charge on any atom is -0.393 e. The van der Waals surface area contributed by atoms with E-state index in [1.807, 2.05) is 5.38 Å². The molecule has 0 aromatic carbocycles. The number of aromatic nitrogens is 3. The molecule has 0 bridgehead atoms. The van der Waals surface area contributed by atoms with Crippen molar-refractivity contribution >= 4 is 33.8 Å². The smallest absolute Gasteiger partial charge is 0.188 e. The fourth-order valence-corrected chi connectivity index (χ4v) is 2.67. The predicted molar refractivity (Wildman–Crippen MR) is 81.6 cm³/mol. The van der Waals surface area contributed by atoms with E-state index < -0.39 is 0 Å². The summed E-state index contributed by atoms with van der Waals surface area (Å²) in [4.78, 5) is 17.2. The summed E-state index contributed by atoms with van der Waals surface area (Å²) in [7, 11) is 2.12. The summed E-state index contributed by atoms with van der Waals surface area (Å²) in [6.07, 6.45) is 3.28. The van der Waals surface area contributed by atoms with Gasteiger partial charge in [0.15, 0.2) is 16.8 Å². The number of nitrogens with one attached hydrogen (secondary N) is 1. The van der Waals surface area contributed by atoms with E-state index in [1.54, 1.807) is 12.5 Å². The van der Waals surface area contributed by atoms with Gasteiger partial charge >= 0.3 is 0 Å². The number of hydrogen-bond acceptors (Lipinski definition) is 8. The first-order valence-electron chi connectivity index (χ1n) is 6.44. The zero-order valence-corrected chi connectivity index (χ0v) is 12.1. The number of anilines is 4. The van der Waals surface area contributed by atoms with Crippen LogP contribution in [0.2, 0.25) is 0 Å². The zero-order chi connectivity index (χ0) is 13.9. The van der Waals surface area contributed by atoms with E-state index in [1.165, 1.54) is 11.3 Å². The summed E-state index contributed by atoms with van der Waals surface area (Å²) in [6, 6.07) is 0. The lowest BCUT2D eigenvalue weighted by Crippen LogP contribution is -2.45. The molecule has 20 heavy (non-hydrogen) atoms. The van der Waals surface area contributed by atoms with Crippen molar-refractivity contribution in [2.45, 2.75) is 0 Å². The highest BCUT2D eigenvalue weighted by atomic mass is 32.1. The molecule has 0 radical (unpaired) electrons. The normalized spacial score (nSPS) is 16.4. The number of nitrogen functional groups attached to an aromatic ring is 1. The van der Waals surface area contributed by atoms with Gasteiger partial charge in [-0.3, -0.25) is 0 Å². The summed E-state index contributed by atoms with van der Waals surface area (Å²) in [5, 5.41) is 5.82. The van der Waals surface area contributed by atoms with Gasteiger partial charge in [-0.1, -0.05) is 0 Å². The molecule has 7 nitrogen and oxygen atoms in total. The van der Waals surface area contributed by atoms with Gasteiger partial charge < -0.3 is 20.9 Å². The van der Waals surface area contributed by atoms with E-state index in [-0.39, 0.29) is 0 Å². The van der Waals surface area contributed by atoms with Crippen molar-refractivity contribution < 1.29 is 0 Å². The molecule has 8 heteroatoms. The third-order valence-corrected chi connectivity index (χ3v) is 4.01. The zero-order valence-electron chi connectivity index (χ0n) is 11.3. The van der Waals surface area contributed by atoms with Crippen LogP contribution in [0.15, 0.2) is 17.9 Å². The van der Waals surface area contributed by atoms with E-state index in [0.29, 0.717) is 11.5 Å². The molecule has 0 amide bonds. The third kappa shape index (κ3) is 2.66. The van der Waals surface area contributed by atoms with Gasteiger partial charge in [0.25, 0.3) is 0 Å². The Morgan fingerprint density at radius 3 is 2.70 bits per heavy atom. The molecule has 3 rings (SSSR count). The molecule has 106 valence electrons. The molecule has 0 saturated carbocycles. The molecule has 1 fully saturated rings. The Morgan fingerprint density at radius 1 is 1.20 bits per heavy atom. The molecule has 3 N–H and O–H groups in total. The second-order valence-electron chi connectivity index (χ2n) is 4.71. The molecule has 1 saturated heterocycles. The van der Waals surface area contributed by atoms with E-state index in [9.17, 15) is 0 Å². The Balaban J connectivity index is 1.82. The highest BCUT2D eigenvalue weighted by Gasteiger charge is 2.19. The van der Waals surface area contributed by atoms with Gasteiger partial charge in [-0.2, -0.15) is 0 Å². The van der Waals surface area contributed by atoms with Crippen LogP contribution in [0.1, 0.15) is 0 Å². The van der Waals surface area contributed by atoms with Crippen LogP contribution in [-0.2, 0) is 0 Å². The van der Waals surface area contributed by atoms with Gasteiger partial charge in [-0.15, -0.1) is 11.3 Å². The standard InChI is InChI=1S/C12H17N7S/c1-18-3-5-19(6-4-18)11-9(13)10(15-8-16-11)17-12-14-2-7-20-12/h2,7-8H,3-6,13H2,1H3,(H,14,15,16,17). The Hall–Kier alpha value is -1.93. The number of thiazole rings is 1. The predicted octanol–water partition coefficient (Wildman–Crippen LogP) is 1.01. The van der Waals surface area contributed by atoms with Crippen molar-refractivity contribution in [1.29, 1.82) is 0 Å². The first kappa shape index (κ1) is 13.1. The van der Waals surface area contributed by atoms with Gasteiger partial charge in [-0.05, 0) is 7.05 Å². The van der Waals surface area contributed by atoms with E-state index in [0.717, 1.165) is 37.1 Å². The van der Waals surface area contributed by atoms with Crippen LogP contribution < -0.4 is 16.0 Å². The molecule has 1 aliphatic heterocycles. The molecular formula is C12H17N7S. The van der Waals surface area contributed by atoms with Crippen molar-refractivity contribution in [3.8, 4) is 0 Å². The second-order valence-corrected chi connectivity index (χ2v) is 5.61. The minimum absolute atomic E-state index is 0.576. The van der Waals surface area contributed by atoms with Gasteiger partial charge in [0.1, 0.15) is 12.0 Å².